The molecule has 0 aliphatic rings. The molecule has 0 bridgehead atoms. The second-order valence-corrected chi connectivity index (χ2v) is 5.19. The molecule has 0 saturated heterocycles. The quantitative estimate of drug-likeness (QED) is 0.766. The van der Waals surface area contributed by atoms with Gasteiger partial charge < -0.3 is 15.4 Å². The third-order valence-electron chi connectivity index (χ3n) is 2.98. The van der Waals surface area contributed by atoms with E-state index in [1.807, 2.05) is 42.5 Å². The lowest BCUT2D eigenvalue weighted by Gasteiger charge is -2.09. The van der Waals surface area contributed by atoms with E-state index in [9.17, 15) is 4.79 Å². The molecule has 116 valence electrons. The van der Waals surface area contributed by atoms with Gasteiger partial charge in [0.25, 0.3) is 0 Å². The van der Waals surface area contributed by atoms with E-state index in [4.69, 9.17) is 16.3 Å². The first-order valence-electron chi connectivity index (χ1n) is 7.18. The number of nitrogens with one attached hydrogen (secondary N) is 2. The lowest BCUT2D eigenvalue weighted by molar-refractivity contribution is 0.238. The Morgan fingerprint density at radius 2 is 1.73 bits per heavy atom. The third-order valence-corrected chi connectivity index (χ3v) is 3.24. The summed E-state index contributed by atoms with van der Waals surface area (Å²) >= 11 is 5.81. The molecule has 0 aliphatic carbocycles. The summed E-state index contributed by atoms with van der Waals surface area (Å²) in [4.78, 5) is 11.6. The second-order valence-electron chi connectivity index (χ2n) is 4.75. The van der Waals surface area contributed by atoms with E-state index in [-0.39, 0.29) is 6.03 Å². The van der Waals surface area contributed by atoms with Crippen LogP contribution in [0, 0.1) is 0 Å². The molecule has 2 N–H and O–H groups in total. The lowest BCUT2D eigenvalue weighted by Crippen LogP contribution is -2.35. The molecule has 0 aliphatic heterocycles. The maximum Gasteiger partial charge on any atom is 0.315 e. The number of rotatable bonds is 7. The number of amides is 2. The van der Waals surface area contributed by atoms with Crippen molar-refractivity contribution in [2.45, 2.75) is 13.0 Å². The molecular formula is C17H19ClN2O2. The SMILES string of the molecule is O=C(NCCCOc1ccccc1)NCc1ccc(Cl)cc1. The molecule has 5 heteroatoms. The van der Waals surface area contributed by atoms with Crippen molar-refractivity contribution in [2.75, 3.05) is 13.2 Å². The maximum atomic E-state index is 11.6. The van der Waals surface area contributed by atoms with Crippen molar-refractivity contribution >= 4 is 17.6 Å². The molecule has 4 nitrogen and oxygen atoms in total. The minimum absolute atomic E-state index is 0.185. The van der Waals surface area contributed by atoms with Gasteiger partial charge in [-0.2, -0.15) is 0 Å². The highest BCUT2D eigenvalue weighted by molar-refractivity contribution is 6.30. The van der Waals surface area contributed by atoms with Crippen LogP contribution >= 0.6 is 11.6 Å². The molecular weight excluding hydrogens is 300 g/mol. The van der Waals surface area contributed by atoms with Crippen LogP contribution in [0.15, 0.2) is 54.6 Å². The molecule has 22 heavy (non-hydrogen) atoms. The Balaban J connectivity index is 1.55. The van der Waals surface area contributed by atoms with Crippen molar-refractivity contribution in [3.63, 3.8) is 0 Å². The average Bonchev–Trinajstić information content (AvgIpc) is 2.55. The van der Waals surface area contributed by atoms with Crippen molar-refractivity contribution in [3.8, 4) is 5.75 Å². The first-order valence-corrected chi connectivity index (χ1v) is 7.56. The van der Waals surface area contributed by atoms with E-state index in [0.29, 0.717) is 24.7 Å². The Morgan fingerprint density at radius 3 is 2.45 bits per heavy atom. The number of hydrogen-bond acceptors (Lipinski definition) is 2. The molecule has 2 aromatic carbocycles. The topological polar surface area (TPSA) is 50.4 Å². The largest absolute Gasteiger partial charge is 0.494 e. The number of urea groups is 1. The van der Waals surface area contributed by atoms with Gasteiger partial charge in [-0.1, -0.05) is 41.9 Å². The van der Waals surface area contributed by atoms with Crippen LogP contribution in [0.3, 0.4) is 0 Å². The number of hydrogen-bond donors (Lipinski definition) is 2. The molecule has 0 spiro atoms. The predicted molar refractivity (Wildman–Crippen MR) is 88.2 cm³/mol. The minimum atomic E-state index is -0.185. The summed E-state index contributed by atoms with van der Waals surface area (Å²) in [6.45, 7) is 1.62. The van der Waals surface area contributed by atoms with Gasteiger partial charge in [0, 0.05) is 18.1 Å². The summed E-state index contributed by atoms with van der Waals surface area (Å²) < 4.78 is 5.54. The fourth-order valence-electron chi connectivity index (χ4n) is 1.83. The highest BCUT2D eigenvalue weighted by atomic mass is 35.5. The van der Waals surface area contributed by atoms with Gasteiger partial charge in [0.15, 0.2) is 0 Å². The molecule has 0 heterocycles. The standard InChI is InChI=1S/C17H19ClN2O2/c18-15-9-7-14(8-10-15)13-20-17(21)19-11-4-12-22-16-5-2-1-3-6-16/h1-3,5-10H,4,11-13H2,(H2,19,20,21). The first kappa shape index (κ1) is 16.2. The molecule has 0 fully saturated rings. The van der Waals surface area contributed by atoms with Gasteiger partial charge in [-0.3, -0.25) is 0 Å². The molecule has 2 amide bonds. The average molecular weight is 319 g/mol. The Morgan fingerprint density at radius 1 is 1.00 bits per heavy atom. The van der Waals surface area contributed by atoms with Gasteiger partial charge in [-0.25, -0.2) is 4.79 Å². The highest BCUT2D eigenvalue weighted by Gasteiger charge is 2.00. The summed E-state index contributed by atoms with van der Waals surface area (Å²) in [5, 5.41) is 6.27. The van der Waals surface area contributed by atoms with E-state index in [2.05, 4.69) is 10.6 Å². The third kappa shape index (κ3) is 6.06. The van der Waals surface area contributed by atoms with Crippen LogP contribution in [-0.4, -0.2) is 19.2 Å². The summed E-state index contributed by atoms with van der Waals surface area (Å²) in [5.41, 5.74) is 1.01. The second kappa shape index (κ2) is 8.95. The van der Waals surface area contributed by atoms with Crippen molar-refractivity contribution in [1.82, 2.24) is 10.6 Å². The van der Waals surface area contributed by atoms with Crippen LogP contribution in [0.1, 0.15) is 12.0 Å². The smallest absolute Gasteiger partial charge is 0.315 e. The van der Waals surface area contributed by atoms with Gasteiger partial charge in [-0.15, -0.1) is 0 Å². The van der Waals surface area contributed by atoms with Crippen LogP contribution in [0.25, 0.3) is 0 Å². The first-order chi connectivity index (χ1) is 10.7. The normalized spacial score (nSPS) is 10.0. The molecule has 0 atom stereocenters. The van der Waals surface area contributed by atoms with Crippen LogP contribution in [0.2, 0.25) is 5.02 Å². The Kier molecular flexibility index (Phi) is 6.58. The zero-order valence-corrected chi connectivity index (χ0v) is 13.0. The zero-order chi connectivity index (χ0) is 15.6. The summed E-state index contributed by atoms with van der Waals surface area (Å²) in [6, 6.07) is 16.8. The molecule has 2 aromatic rings. The Hall–Kier alpha value is -2.20. The van der Waals surface area contributed by atoms with Gasteiger partial charge in [0.1, 0.15) is 5.75 Å². The van der Waals surface area contributed by atoms with E-state index in [1.165, 1.54) is 0 Å². The van der Waals surface area contributed by atoms with Crippen molar-refractivity contribution in [1.29, 1.82) is 0 Å². The zero-order valence-electron chi connectivity index (χ0n) is 12.2. The highest BCUT2D eigenvalue weighted by Crippen LogP contribution is 2.09. The number of para-hydroxylation sites is 1. The summed E-state index contributed by atoms with van der Waals surface area (Å²) in [5.74, 6) is 0.842. The van der Waals surface area contributed by atoms with Crippen LogP contribution < -0.4 is 15.4 Å². The molecule has 0 unspecified atom stereocenters. The van der Waals surface area contributed by atoms with Crippen LogP contribution in [0.4, 0.5) is 4.79 Å². The van der Waals surface area contributed by atoms with Crippen molar-refractivity contribution in [3.05, 3.63) is 65.2 Å². The van der Waals surface area contributed by atoms with Crippen molar-refractivity contribution in [2.24, 2.45) is 0 Å². The Labute approximate surface area is 135 Å². The van der Waals surface area contributed by atoms with Crippen LogP contribution in [0.5, 0.6) is 5.75 Å². The molecule has 0 aromatic heterocycles. The van der Waals surface area contributed by atoms with E-state index in [0.717, 1.165) is 17.7 Å². The van der Waals surface area contributed by atoms with Gasteiger partial charge in [0.05, 0.1) is 6.61 Å². The fourth-order valence-corrected chi connectivity index (χ4v) is 1.95. The maximum absolute atomic E-state index is 11.6. The van der Waals surface area contributed by atoms with E-state index in [1.54, 1.807) is 12.1 Å². The minimum Gasteiger partial charge on any atom is -0.494 e. The predicted octanol–water partition coefficient (Wildman–Crippen LogP) is 3.61. The monoisotopic (exact) mass is 318 g/mol. The number of ether oxygens (including phenoxy) is 1. The lowest BCUT2D eigenvalue weighted by atomic mass is 10.2. The van der Waals surface area contributed by atoms with E-state index < -0.39 is 0 Å². The number of benzene rings is 2. The number of halogens is 1. The van der Waals surface area contributed by atoms with Crippen molar-refractivity contribution < 1.29 is 9.53 Å². The van der Waals surface area contributed by atoms with Gasteiger partial charge in [-0.05, 0) is 36.2 Å². The number of carbonyl (C=O) groups excluding carboxylic acids is 1. The fraction of sp³-hybridized carbons (Fsp3) is 0.235. The van der Waals surface area contributed by atoms with Crippen LogP contribution in [-0.2, 0) is 6.54 Å². The van der Waals surface area contributed by atoms with Gasteiger partial charge in [0.2, 0.25) is 0 Å². The Bertz CT molecular complexity index is 573. The molecule has 2 rings (SSSR count). The number of carbonyl (C=O) groups is 1. The molecule has 0 saturated carbocycles. The van der Waals surface area contributed by atoms with E-state index >= 15 is 0 Å². The summed E-state index contributed by atoms with van der Waals surface area (Å²) in [7, 11) is 0. The summed E-state index contributed by atoms with van der Waals surface area (Å²) in [6.07, 6.45) is 0.753. The molecule has 0 radical (unpaired) electrons. The van der Waals surface area contributed by atoms with Gasteiger partial charge >= 0.3 is 6.03 Å².